The van der Waals surface area contributed by atoms with Crippen molar-refractivity contribution in [2.75, 3.05) is 46.8 Å². The van der Waals surface area contributed by atoms with Crippen LogP contribution in [0.2, 0.25) is 0 Å². The van der Waals surface area contributed by atoms with Crippen molar-refractivity contribution in [3.05, 3.63) is 47.1 Å². The van der Waals surface area contributed by atoms with Crippen molar-refractivity contribution in [1.82, 2.24) is 0 Å². The molecule has 1 aromatic carbocycles. The second kappa shape index (κ2) is 10.2. The molecule has 4 bridgehead atoms. The Morgan fingerprint density at radius 2 is 1.76 bits per heavy atom. The summed E-state index contributed by atoms with van der Waals surface area (Å²) in [4.78, 5) is 28.0. The topological polar surface area (TPSA) is 89.5 Å². The number of carbonyl (C=O) groups excluding carboxylic acids is 2. The Hall–Kier alpha value is -2.52. The van der Waals surface area contributed by atoms with Crippen LogP contribution < -0.4 is 9.47 Å². The molecule has 0 aromatic heterocycles. The van der Waals surface area contributed by atoms with Gasteiger partial charge in [0.25, 0.3) is 0 Å². The summed E-state index contributed by atoms with van der Waals surface area (Å²) in [5.74, 6) is 0.224. The molecule has 2 aliphatic heterocycles. The Morgan fingerprint density at radius 1 is 1.05 bits per heavy atom. The van der Waals surface area contributed by atoms with Gasteiger partial charge < -0.3 is 28.4 Å². The highest BCUT2D eigenvalue weighted by atomic mass is 16.6. The van der Waals surface area contributed by atoms with Crippen molar-refractivity contribution in [1.29, 1.82) is 0 Å². The number of ether oxygens (including phenoxy) is 6. The van der Waals surface area contributed by atoms with Crippen LogP contribution in [0.15, 0.2) is 41.5 Å². The van der Waals surface area contributed by atoms with Gasteiger partial charge in [0.15, 0.2) is 22.8 Å². The van der Waals surface area contributed by atoms with Crippen LogP contribution in [0.4, 0.5) is 0 Å². The molecule has 2 heterocycles. The molecule has 2 fully saturated rings. The number of fused-ring (bicyclic) bond motifs is 1. The number of Topliss-reactive ketones (excluding diaryl/α,β-unsaturated/α-hetero) is 2. The normalized spacial score (nSPS) is 29.9. The van der Waals surface area contributed by atoms with Crippen LogP contribution in [0.3, 0.4) is 0 Å². The number of rotatable bonds is 12. The van der Waals surface area contributed by atoms with Crippen LogP contribution >= 0.6 is 0 Å². The lowest BCUT2D eigenvalue weighted by Crippen LogP contribution is -2.72. The maximum Gasteiger partial charge on any atom is 0.200 e. The average molecular weight is 527 g/mol. The zero-order chi connectivity index (χ0) is 27.1. The van der Waals surface area contributed by atoms with E-state index in [4.69, 9.17) is 28.4 Å². The van der Waals surface area contributed by atoms with E-state index < -0.39 is 16.8 Å². The first-order chi connectivity index (χ1) is 18.2. The van der Waals surface area contributed by atoms with Gasteiger partial charge in [0.2, 0.25) is 0 Å². The van der Waals surface area contributed by atoms with Crippen molar-refractivity contribution in [2.45, 2.75) is 57.3 Å². The maximum atomic E-state index is 14.2. The predicted molar refractivity (Wildman–Crippen MR) is 140 cm³/mol. The highest BCUT2D eigenvalue weighted by molar-refractivity contribution is 6.18. The van der Waals surface area contributed by atoms with E-state index in [-0.39, 0.29) is 30.0 Å². The van der Waals surface area contributed by atoms with E-state index >= 15 is 0 Å². The Balaban J connectivity index is 1.40. The quantitative estimate of drug-likeness (QED) is 0.297. The molecule has 5 aliphatic rings. The molecular weight excluding hydrogens is 488 g/mol. The third-order valence-electron chi connectivity index (χ3n) is 8.18. The smallest absolute Gasteiger partial charge is 0.200 e. The lowest BCUT2D eigenvalue weighted by atomic mass is 9.51. The molecule has 8 heteroatoms. The van der Waals surface area contributed by atoms with E-state index in [1.807, 2.05) is 45.9 Å². The van der Waals surface area contributed by atoms with E-state index in [1.165, 1.54) is 0 Å². The minimum atomic E-state index is -1.24. The van der Waals surface area contributed by atoms with Gasteiger partial charge in [-0.05, 0) is 46.2 Å². The predicted octanol–water partition coefficient (Wildman–Crippen LogP) is 4.11. The van der Waals surface area contributed by atoms with Crippen LogP contribution in [-0.4, -0.2) is 75.1 Å². The number of carbonyl (C=O) groups is 2. The average Bonchev–Trinajstić information content (AvgIpc) is 3.03. The molecule has 4 unspecified atom stereocenters. The minimum Gasteiger partial charge on any atom is -0.490 e. The second-order valence-electron chi connectivity index (χ2n) is 11.2. The molecule has 1 saturated heterocycles. The van der Waals surface area contributed by atoms with Gasteiger partial charge in [0, 0.05) is 30.9 Å². The Bertz CT molecular complexity index is 1160. The van der Waals surface area contributed by atoms with Crippen molar-refractivity contribution >= 4 is 11.6 Å². The van der Waals surface area contributed by atoms with Crippen LogP contribution in [-0.2, 0) is 23.7 Å². The molecule has 38 heavy (non-hydrogen) atoms. The monoisotopic (exact) mass is 526 g/mol. The molecule has 0 radical (unpaired) electrons. The fourth-order valence-electron chi connectivity index (χ4n) is 6.60. The SMILES string of the molecule is COCCOCCOCCOc1cccc2c1C(=O)C1=CC3CC4C(C)(C)OC(CC=C(C)C)(C3=O)C14O2. The molecule has 0 amide bonds. The van der Waals surface area contributed by atoms with Gasteiger partial charge in [-0.1, -0.05) is 23.8 Å². The maximum absolute atomic E-state index is 14.2. The molecular formula is C30H38O8. The Morgan fingerprint density at radius 3 is 2.47 bits per heavy atom. The summed E-state index contributed by atoms with van der Waals surface area (Å²) >= 11 is 0. The number of methoxy groups -OCH3 is 1. The molecule has 8 nitrogen and oxygen atoms in total. The van der Waals surface area contributed by atoms with Crippen molar-refractivity contribution in [3.8, 4) is 11.5 Å². The van der Waals surface area contributed by atoms with Gasteiger partial charge >= 0.3 is 0 Å². The highest BCUT2D eigenvalue weighted by Crippen LogP contribution is 2.67. The van der Waals surface area contributed by atoms with Gasteiger partial charge in [-0.2, -0.15) is 0 Å². The fourth-order valence-corrected chi connectivity index (χ4v) is 6.60. The van der Waals surface area contributed by atoms with E-state index in [9.17, 15) is 9.59 Å². The molecule has 3 aliphatic carbocycles. The van der Waals surface area contributed by atoms with Crippen molar-refractivity contribution in [3.63, 3.8) is 0 Å². The summed E-state index contributed by atoms with van der Waals surface area (Å²) in [6.07, 6.45) is 4.83. The third-order valence-corrected chi connectivity index (χ3v) is 8.18. The Kier molecular flexibility index (Phi) is 7.28. The lowest BCUT2D eigenvalue weighted by Gasteiger charge is -2.56. The zero-order valence-electron chi connectivity index (χ0n) is 23.0. The summed E-state index contributed by atoms with van der Waals surface area (Å²) in [5, 5.41) is 0. The molecule has 6 rings (SSSR count). The van der Waals surface area contributed by atoms with E-state index in [0.717, 1.165) is 5.57 Å². The Labute approximate surface area is 224 Å². The number of hydrogen-bond acceptors (Lipinski definition) is 8. The van der Waals surface area contributed by atoms with Crippen LogP contribution in [0.25, 0.3) is 0 Å². The van der Waals surface area contributed by atoms with Crippen LogP contribution in [0, 0.1) is 11.8 Å². The first kappa shape index (κ1) is 27.1. The number of benzene rings is 1. The standard InChI is InChI=1S/C30H38O8/c1-19(2)9-10-29-27(32)20-17-21-26(31)25-22(36-16-15-35-14-13-34-12-11-33-5)7-6-8-23(25)37-30(21,29)24(18-20)28(3,4)38-29/h6-9,17,20,24H,10-16,18H2,1-5H3. The van der Waals surface area contributed by atoms with Gasteiger partial charge in [-0.15, -0.1) is 0 Å². The highest BCUT2D eigenvalue weighted by Gasteiger charge is 2.81. The second-order valence-corrected chi connectivity index (χ2v) is 11.2. The summed E-state index contributed by atoms with van der Waals surface area (Å²) in [7, 11) is 1.63. The van der Waals surface area contributed by atoms with Gasteiger partial charge in [-0.25, -0.2) is 0 Å². The van der Waals surface area contributed by atoms with Gasteiger partial charge in [-0.3, -0.25) is 9.59 Å². The molecule has 1 aromatic rings. The summed E-state index contributed by atoms with van der Waals surface area (Å²) in [5.41, 5.74) is -1.03. The third kappa shape index (κ3) is 4.13. The molecule has 1 spiro atoms. The van der Waals surface area contributed by atoms with Crippen LogP contribution in [0.5, 0.6) is 11.5 Å². The number of allylic oxidation sites excluding steroid dienone is 2. The summed E-state index contributed by atoms with van der Waals surface area (Å²) in [6.45, 7) is 10.6. The van der Waals surface area contributed by atoms with Crippen LogP contribution in [0.1, 0.15) is 50.9 Å². The summed E-state index contributed by atoms with van der Waals surface area (Å²) in [6, 6.07) is 5.36. The van der Waals surface area contributed by atoms with Crippen molar-refractivity contribution < 1.29 is 38.0 Å². The van der Waals surface area contributed by atoms with E-state index in [0.29, 0.717) is 68.5 Å². The fraction of sp³-hybridized carbons (Fsp3) is 0.600. The van der Waals surface area contributed by atoms with Gasteiger partial charge in [0.05, 0.1) is 38.6 Å². The van der Waals surface area contributed by atoms with Crippen molar-refractivity contribution in [2.24, 2.45) is 11.8 Å². The number of hydrogen-bond donors (Lipinski definition) is 0. The molecule has 4 atom stereocenters. The van der Waals surface area contributed by atoms with E-state index in [1.54, 1.807) is 19.2 Å². The first-order valence-corrected chi connectivity index (χ1v) is 13.4. The van der Waals surface area contributed by atoms with Gasteiger partial charge in [0.1, 0.15) is 23.7 Å². The van der Waals surface area contributed by atoms with E-state index in [2.05, 4.69) is 0 Å². The zero-order valence-corrected chi connectivity index (χ0v) is 23.0. The minimum absolute atomic E-state index is 0.00702. The molecule has 1 saturated carbocycles. The molecule has 206 valence electrons. The first-order valence-electron chi connectivity index (χ1n) is 13.4. The number of ketones is 2. The summed E-state index contributed by atoms with van der Waals surface area (Å²) < 4.78 is 35.4. The largest absolute Gasteiger partial charge is 0.490 e. The molecule has 0 N–H and O–H groups in total. The lowest BCUT2D eigenvalue weighted by molar-refractivity contribution is -0.171.